The Balaban J connectivity index is 1.61. The van der Waals surface area contributed by atoms with Gasteiger partial charge in [0.05, 0.1) is 11.0 Å². The molecule has 2 aromatic heterocycles. The molecule has 4 aromatic rings. The van der Waals surface area contributed by atoms with E-state index < -0.39 is 23.6 Å². The maximum atomic E-state index is 14.3. The monoisotopic (exact) mass is 442 g/mol. The van der Waals surface area contributed by atoms with Gasteiger partial charge in [-0.1, -0.05) is 12.1 Å². The van der Waals surface area contributed by atoms with E-state index in [1.165, 1.54) is 36.7 Å². The first-order valence-corrected chi connectivity index (χ1v) is 9.86. The third-order valence-electron chi connectivity index (χ3n) is 5.00. The minimum atomic E-state index is -1.34. The number of hydrogen-bond acceptors (Lipinski definition) is 6. The Morgan fingerprint density at radius 3 is 1.53 bits per heavy atom. The number of carbonyl (C=O) groups excluding carboxylic acids is 2. The number of aromatic nitrogens is 2. The summed E-state index contributed by atoms with van der Waals surface area (Å²) >= 11 is 0. The first kappa shape index (κ1) is 21.5. The van der Waals surface area contributed by atoms with Crippen molar-refractivity contribution < 1.29 is 28.0 Å². The normalized spacial score (nSPS) is 11.2. The van der Waals surface area contributed by atoms with Crippen LogP contribution in [0.2, 0.25) is 0 Å². The van der Waals surface area contributed by atoms with E-state index in [9.17, 15) is 18.4 Å². The first-order chi connectivity index (χ1) is 15.4. The smallest absolute Gasteiger partial charge is 0.330 e. The first-order valence-electron chi connectivity index (χ1n) is 9.86. The lowest BCUT2D eigenvalue weighted by Crippen LogP contribution is -2.34. The molecule has 10 heteroatoms. The van der Waals surface area contributed by atoms with Crippen molar-refractivity contribution in [1.82, 2.24) is 9.46 Å². The van der Waals surface area contributed by atoms with Crippen LogP contribution in [0.1, 0.15) is 11.1 Å². The number of nitrogens with zero attached hydrogens (tertiary/aromatic N) is 2. The highest BCUT2D eigenvalue weighted by molar-refractivity contribution is 6.30. The highest BCUT2D eigenvalue weighted by Gasteiger charge is 2.24. The third kappa shape index (κ3) is 3.81. The molecule has 0 unspecified atom stereocenters. The highest BCUT2D eigenvalue weighted by Crippen LogP contribution is 2.25. The molecule has 4 rings (SSSR count). The van der Waals surface area contributed by atoms with Crippen molar-refractivity contribution in [2.24, 2.45) is 11.5 Å². The van der Waals surface area contributed by atoms with Gasteiger partial charge in [-0.15, -0.1) is 0 Å². The number of rotatable bonds is 6. The summed E-state index contributed by atoms with van der Waals surface area (Å²) in [5, 5.41) is 0.495. The van der Waals surface area contributed by atoms with Gasteiger partial charge < -0.3 is 21.1 Å². The molecule has 2 aromatic carbocycles. The lowest BCUT2D eigenvalue weighted by Gasteiger charge is -2.07. The van der Waals surface area contributed by atoms with Gasteiger partial charge in [0.2, 0.25) is 0 Å². The molecule has 0 aliphatic heterocycles. The van der Waals surface area contributed by atoms with E-state index in [1.54, 1.807) is 12.1 Å². The van der Waals surface area contributed by atoms with Crippen molar-refractivity contribution in [2.75, 3.05) is 13.1 Å². The number of nitrogens with two attached hydrogens (primary N) is 2. The minimum absolute atomic E-state index is 0.248. The van der Waals surface area contributed by atoms with Gasteiger partial charge in [-0.05, 0) is 61.3 Å². The second-order valence-electron chi connectivity index (χ2n) is 7.06. The topological polar surface area (TPSA) is 114 Å². The van der Waals surface area contributed by atoms with E-state index in [-0.39, 0.29) is 34.9 Å². The summed E-state index contributed by atoms with van der Waals surface area (Å²) in [5.74, 6) is -3.69. The number of halogens is 2. The van der Waals surface area contributed by atoms with Crippen molar-refractivity contribution >= 4 is 33.7 Å². The van der Waals surface area contributed by atoms with Gasteiger partial charge >= 0.3 is 11.9 Å². The molecule has 0 radical (unpaired) electrons. The van der Waals surface area contributed by atoms with E-state index in [0.29, 0.717) is 24.0 Å². The average molecular weight is 442 g/mol. The molecule has 0 aliphatic carbocycles. The molecule has 0 amide bonds. The average Bonchev–Trinajstić information content (AvgIpc) is 3.29. The molecule has 0 atom stereocenters. The molecule has 8 nitrogen and oxygen atoms in total. The molecular weight excluding hydrogens is 422 g/mol. The SMILES string of the molecule is NCCc1cn(OC(=O)C(=O)On2cc(CCN)c3c(F)cccc32)c2cccc(F)c12. The summed E-state index contributed by atoms with van der Waals surface area (Å²) < 4.78 is 30.6. The summed E-state index contributed by atoms with van der Waals surface area (Å²) in [6.07, 6.45) is 3.48. The van der Waals surface area contributed by atoms with E-state index in [0.717, 1.165) is 9.46 Å². The molecule has 0 bridgehead atoms. The van der Waals surface area contributed by atoms with Crippen molar-refractivity contribution in [2.45, 2.75) is 12.8 Å². The molecule has 0 saturated heterocycles. The number of hydrogen-bond donors (Lipinski definition) is 2. The molecule has 0 fully saturated rings. The van der Waals surface area contributed by atoms with Crippen LogP contribution in [0.15, 0.2) is 48.8 Å². The van der Waals surface area contributed by atoms with E-state index in [1.807, 2.05) is 0 Å². The van der Waals surface area contributed by atoms with Crippen LogP contribution >= 0.6 is 0 Å². The predicted molar refractivity (Wildman–Crippen MR) is 112 cm³/mol. The lowest BCUT2D eigenvalue weighted by atomic mass is 10.1. The summed E-state index contributed by atoms with van der Waals surface area (Å²) in [7, 11) is 0. The maximum Gasteiger partial charge on any atom is 0.444 e. The molecule has 0 aliphatic rings. The second-order valence-corrected chi connectivity index (χ2v) is 7.06. The van der Waals surface area contributed by atoms with Gasteiger partial charge in [0, 0.05) is 23.2 Å². The quantitative estimate of drug-likeness (QED) is 0.438. The Morgan fingerprint density at radius 1 is 0.750 bits per heavy atom. The number of fused-ring (bicyclic) bond motifs is 2. The molecule has 32 heavy (non-hydrogen) atoms. The van der Waals surface area contributed by atoms with Gasteiger partial charge in [-0.2, -0.15) is 9.46 Å². The van der Waals surface area contributed by atoms with Crippen LogP contribution in [-0.2, 0) is 22.4 Å². The highest BCUT2D eigenvalue weighted by atomic mass is 19.1. The minimum Gasteiger partial charge on any atom is -0.330 e. The molecule has 166 valence electrons. The van der Waals surface area contributed by atoms with Crippen LogP contribution in [0.3, 0.4) is 0 Å². The van der Waals surface area contributed by atoms with Gasteiger partial charge in [-0.25, -0.2) is 18.4 Å². The zero-order valence-electron chi connectivity index (χ0n) is 16.9. The largest absolute Gasteiger partial charge is 0.444 e. The molecule has 0 spiro atoms. The Labute approximate surface area is 180 Å². The van der Waals surface area contributed by atoms with E-state index in [2.05, 4.69) is 0 Å². The summed E-state index contributed by atoms with van der Waals surface area (Å²) in [4.78, 5) is 35.1. The van der Waals surface area contributed by atoms with E-state index in [4.69, 9.17) is 21.1 Å². The van der Waals surface area contributed by atoms with Gasteiger partial charge in [0.15, 0.2) is 0 Å². The van der Waals surface area contributed by atoms with Gasteiger partial charge in [0.1, 0.15) is 11.6 Å². The fraction of sp³-hybridized carbons (Fsp3) is 0.182. The molecule has 4 N–H and O–H groups in total. The van der Waals surface area contributed by atoms with Crippen molar-refractivity contribution in [1.29, 1.82) is 0 Å². The lowest BCUT2D eigenvalue weighted by molar-refractivity contribution is -0.167. The predicted octanol–water partition coefficient (Wildman–Crippen LogP) is 1.49. The van der Waals surface area contributed by atoms with Gasteiger partial charge in [-0.3, -0.25) is 0 Å². The van der Waals surface area contributed by atoms with Crippen LogP contribution in [0.5, 0.6) is 0 Å². The van der Waals surface area contributed by atoms with Crippen LogP contribution in [0, 0.1) is 11.6 Å². The van der Waals surface area contributed by atoms with Crippen molar-refractivity contribution in [3.63, 3.8) is 0 Å². The van der Waals surface area contributed by atoms with Crippen LogP contribution in [0.4, 0.5) is 8.78 Å². The number of carbonyl (C=O) groups is 2. The van der Waals surface area contributed by atoms with Crippen LogP contribution in [-0.4, -0.2) is 34.5 Å². The fourth-order valence-corrected chi connectivity index (χ4v) is 3.67. The summed E-state index contributed by atoms with van der Waals surface area (Å²) in [6.45, 7) is 0.512. The Kier molecular flexibility index (Phi) is 5.89. The Morgan fingerprint density at radius 2 is 1.16 bits per heavy atom. The van der Waals surface area contributed by atoms with Crippen LogP contribution < -0.4 is 21.1 Å². The fourth-order valence-electron chi connectivity index (χ4n) is 3.67. The van der Waals surface area contributed by atoms with Gasteiger partial charge in [0.25, 0.3) is 0 Å². The second kappa shape index (κ2) is 8.77. The zero-order valence-corrected chi connectivity index (χ0v) is 16.9. The van der Waals surface area contributed by atoms with Crippen molar-refractivity contribution in [3.05, 3.63) is 71.6 Å². The summed E-state index contributed by atoms with van der Waals surface area (Å²) in [5.41, 5.74) is 12.7. The van der Waals surface area contributed by atoms with E-state index >= 15 is 0 Å². The standard InChI is InChI=1S/C22H20F2N4O4/c23-15-3-1-5-17-19(15)13(7-9-25)11-27(17)31-21(29)22(30)32-28-12-14(8-10-26)20-16(24)4-2-6-18(20)28/h1-6,11-12H,7-10,25-26H2. The van der Waals surface area contributed by atoms with Crippen LogP contribution in [0.25, 0.3) is 21.8 Å². The molecule has 2 heterocycles. The van der Waals surface area contributed by atoms with Crippen molar-refractivity contribution in [3.8, 4) is 0 Å². The Bertz CT molecular complexity index is 1230. The molecule has 0 saturated carbocycles. The summed E-state index contributed by atoms with van der Waals surface area (Å²) in [6, 6.07) is 8.53. The zero-order chi connectivity index (χ0) is 22.8. The number of benzene rings is 2. The molecular formula is C22H20F2N4O4. The third-order valence-corrected chi connectivity index (χ3v) is 5.00. The Hall–Kier alpha value is -3.76. The maximum absolute atomic E-state index is 14.3.